The fourth-order valence-corrected chi connectivity index (χ4v) is 1.62. The highest BCUT2D eigenvalue weighted by Gasteiger charge is 2.00. The van der Waals surface area contributed by atoms with Gasteiger partial charge in [-0.25, -0.2) is 0 Å². The molecular weight excluding hydrogens is 220 g/mol. The van der Waals surface area contributed by atoms with Gasteiger partial charge >= 0.3 is 0 Å². The van der Waals surface area contributed by atoms with E-state index in [1.165, 1.54) is 0 Å². The second-order valence-electron chi connectivity index (χ2n) is 3.95. The molecule has 0 saturated carbocycles. The van der Waals surface area contributed by atoms with Crippen LogP contribution in [0.3, 0.4) is 0 Å². The maximum absolute atomic E-state index is 11.9. The van der Waals surface area contributed by atoms with Crippen LogP contribution in [0.15, 0.2) is 79.4 Å². The SMILES string of the molecule is C=C(C=CC(=O)c1ccccc1)c1ccccc1. The van der Waals surface area contributed by atoms with Crippen LogP contribution in [0.5, 0.6) is 0 Å². The molecule has 0 bridgehead atoms. The Balaban J connectivity index is 2.08. The Morgan fingerprint density at radius 1 is 0.778 bits per heavy atom. The molecule has 0 spiro atoms. The third-order valence-electron chi connectivity index (χ3n) is 2.64. The lowest BCUT2D eigenvalue weighted by molar-refractivity contribution is 0.104. The van der Waals surface area contributed by atoms with Crippen LogP contribution < -0.4 is 0 Å². The van der Waals surface area contributed by atoms with Crippen LogP contribution in [-0.4, -0.2) is 5.78 Å². The van der Waals surface area contributed by atoms with E-state index in [-0.39, 0.29) is 5.78 Å². The molecule has 1 heteroatoms. The number of carbonyl (C=O) groups is 1. The number of benzene rings is 2. The van der Waals surface area contributed by atoms with Gasteiger partial charge in [0.05, 0.1) is 0 Å². The van der Waals surface area contributed by atoms with Gasteiger partial charge in [-0.3, -0.25) is 4.79 Å². The van der Waals surface area contributed by atoms with E-state index in [0.717, 1.165) is 11.1 Å². The van der Waals surface area contributed by atoms with Crippen LogP contribution in [0.1, 0.15) is 15.9 Å². The smallest absolute Gasteiger partial charge is 0.185 e. The second-order valence-corrected chi connectivity index (χ2v) is 3.95. The number of hydrogen-bond acceptors (Lipinski definition) is 1. The molecule has 0 radical (unpaired) electrons. The molecule has 1 nitrogen and oxygen atoms in total. The summed E-state index contributed by atoms with van der Waals surface area (Å²) < 4.78 is 0. The topological polar surface area (TPSA) is 17.1 Å². The van der Waals surface area contributed by atoms with Crippen molar-refractivity contribution in [3.8, 4) is 0 Å². The molecular formula is C17H14O. The fourth-order valence-electron chi connectivity index (χ4n) is 1.62. The van der Waals surface area contributed by atoms with E-state index in [2.05, 4.69) is 6.58 Å². The summed E-state index contributed by atoms with van der Waals surface area (Å²) in [5.74, 6) is -0.00678. The third kappa shape index (κ3) is 3.05. The van der Waals surface area contributed by atoms with Crippen molar-refractivity contribution in [2.45, 2.75) is 0 Å². The van der Waals surface area contributed by atoms with E-state index < -0.39 is 0 Å². The van der Waals surface area contributed by atoms with Crippen molar-refractivity contribution in [1.82, 2.24) is 0 Å². The van der Waals surface area contributed by atoms with Gasteiger partial charge in [0.15, 0.2) is 5.78 Å². The summed E-state index contributed by atoms with van der Waals surface area (Å²) in [6.45, 7) is 3.95. The Morgan fingerprint density at radius 2 is 1.28 bits per heavy atom. The molecule has 0 fully saturated rings. The third-order valence-corrected chi connectivity index (χ3v) is 2.64. The minimum atomic E-state index is -0.00678. The standard InChI is InChI=1S/C17H14O/c1-14(15-8-4-2-5-9-15)12-13-17(18)16-10-6-3-7-11-16/h2-13H,1H2. The summed E-state index contributed by atoms with van der Waals surface area (Å²) in [4.78, 5) is 11.9. The first-order chi connectivity index (χ1) is 8.77. The Morgan fingerprint density at radius 3 is 1.83 bits per heavy atom. The lowest BCUT2D eigenvalue weighted by atomic mass is 10.1. The Hall–Kier alpha value is -2.41. The molecule has 0 aliphatic rings. The molecule has 0 N–H and O–H groups in total. The summed E-state index contributed by atoms with van der Waals surface area (Å²) >= 11 is 0. The van der Waals surface area contributed by atoms with Crippen LogP contribution in [0.2, 0.25) is 0 Å². The van der Waals surface area contributed by atoms with Gasteiger partial charge < -0.3 is 0 Å². The van der Waals surface area contributed by atoms with Gasteiger partial charge in [-0.1, -0.05) is 73.3 Å². The molecule has 88 valence electrons. The maximum Gasteiger partial charge on any atom is 0.185 e. The molecule has 0 aliphatic carbocycles. The second kappa shape index (κ2) is 5.78. The first kappa shape index (κ1) is 12.1. The molecule has 0 unspecified atom stereocenters. The van der Waals surface area contributed by atoms with Gasteiger partial charge in [0, 0.05) is 5.56 Å². The zero-order valence-electron chi connectivity index (χ0n) is 10.0. The van der Waals surface area contributed by atoms with Gasteiger partial charge in [-0.05, 0) is 17.2 Å². The van der Waals surface area contributed by atoms with E-state index in [9.17, 15) is 4.79 Å². The lowest BCUT2D eigenvalue weighted by Crippen LogP contribution is -1.93. The van der Waals surface area contributed by atoms with Crippen LogP contribution >= 0.6 is 0 Å². The summed E-state index contributed by atoms with van der Waals surface area (Å²) in [5, 5.41) is 0. The van der Waals surface area contributed by atoms with E-state index in [0.29, 0.717) is 5.56 Å². The molecule has 0 saturated heterocycles. The molecule has 0 aromatic heterocycles. The zero-order valence-corrected chi connectivity index (χ0v) is 10.0. The first-order valence-corrected chi connectivity index (χ1v) is 5.79. The molecule has 0 atom stereocenters. The first-order valence-electron chi connectivity index (χ1n) is 5.79. The zero-order chi connectivity index (χ0) is 12.8. The van der Waals surface area contributed by atoms with Crippen molar-refractivity contribution < 1.29 is 4.79 Å². The quantitative estimate of drug-likeness (QED) is 0.441. The van der Waals surface area contributed by atoms with Crippen molar-refractivity contribution in [3.63, 3.8) is 0 Å². The summed E-state index contributed by atoms with van der Waals surface area (Å²) in [6.07, 6.45) is 3.31. The van der Waals surface area contributed by atoms with E-state index in [1.807, 2.05) is 48.5 Å². The predicted octanol–water partition coefficient (Wildman–Crippen LogP) is 4.14. The minimum Gasteiger partial charge on any atom is -0.289 e. The largest absolute Gasteiger partial charge is 0.289 e. The number of rotatable bonds is 4. The van der Waals surface area contributed by atoms with Crippen molar-refractivity contribution >= 4 is 11.4 Å². The molecule has 18 heavy (non-hydrogen) atoms. The molecule has 2 aromatic carbocycles. The average molecular weight is 234 g/mol. The highest BCUT2D eigenvalue weighted by atomic mass is 16.1. The van der Waals surface area contributed by atoms with Crippen LogP contribution in [-0.2, 0) is 0 Å². The van der Waals surface area contributed by atoms with E-state index in [1.54, 1.807) is 24.3 Å². The summed E-state index contributed by atoms with van der Waals surface area (Å²) in [5.41, 5.74) is 2.55. The van der Waals surface area contributed by atoms with Gasteiger partial charge in [-0.15, -0.1) is 0 Å². The van der Waals surface area contributed by atoms with E-state index >= 15 is 0 Å². The van der Waals surface area contributed by atoms with Crippen LogP contribution in [0.25, 0.3) is 5.57 Å². The van der Waals surface area contributed by atoms with E-state index in [4.69, 9.17) is 0 Å². The van der Waals surface area contributed by atoms with Crippen molar-refractivity contribution in [1.29, 1.82) is 0 Å². The van der Waals surface area contributed by atoms with Crippen molar-refractivity contribution in [3.05, 3.63) is 90.5 Å². The molecule has 2 rings (SSSR count). The van der Waals surface area contributed by atoms with Gasteiger partial charge in [0.1, 0.15) is 0 Å². The van der Waals surface area contributed by atoms with Crippen molar-refractivity contribution in [2.75, 3.05) is 0 Å². The predicted molar refractivity (Wildman–Crippen MR) is 75.4 cm³/mol. The van der Waals surface area contributed by atoms with Gasteiger partial charge in [0.2, 0.25) is 0 Å². The lowest BCUT2D eigenvalue weighted by Gasteiger charge is -1.99. The Kier molecular flexibility index (Phi) is 3.87. The highest BCUT2D eigenvalue weighted by molar-refractivity contribution is 6.05. The van der Waals surface area contributed by atoms with Crippen LogP contribution in [0, 0.1) is 0 Å². The Labute approximate surface area is 107 Å². The Bertz CT molecular complexity index is 512. The number of carbonyl (C=O) groups excluding carboxylic acids is 1. The normalized spacial score (nSPS) is 10.4. The van der Waals surface area contributed by atoms with Gasteiger partial charge in [-0.2, -0.15) is 0 Å². The number of hydrogen-bond donors (Lipinski definition) is 0. The molecule has 0 heterocycles. The minimum absolute atomic E-state index is 0.00678. The highest BCUT2D eigenvalue weighted by Crippen LogP contribution is 2.13. The number of allylic oxidation sites excluding steroid dienone is 3. The number of ketones is 1. The maximum atomic E-state index is 11.9. The van der Waals surface area contributed by atoms with Crippen LogP contribution in [0.4, 0.5) is 0 Å². The fraction of sp³-hybridized carbons (Fsp3) is 0. The average Bonchev–Trinajstić information content (AvgIpc) is 2.46. The molecule has 0 amide bonds. The summed E-state index contributed by atoms with van der Waals surface area (Å²) in [6, 6.07) is 19.0. The molecule has 2 aromatic rings. The molecule has 0 aliphatic heterocycles. The van der Waals surface area contributed by atoms with Crippen molar-refractivity contribution in [2.24, 2.45) is 0 Å². The summed E-state index contributed by atoms with van der Waals surface area (Å²) in [7, 11) is 0. The monoisotopic (exact) mass is 234 g/mol. The van der Waals surface area contributed by atoms with Gasteiger partial charge in [0.25, 0.3) is 0 Å².